The zero-order valence-electron chi connectivity index (χ0n) is 12.6. The van der Waals surface area contributed by atoms with Crippen molar-refractivity contribution in [2.24, 2.45) is 0 Å². The van der Waals surface area contributed by atoms with Gasteiger partial charge < -0.3 is 10.1 Å². The minimum Gasteiger partial charge on any atom is -0.497 e. The highest BCUT2D eigenvalue weighted by atomic mass is 127. The monoisotopic (exact) mass is 395 g/mol. The number of rotatable bonds is 7. The quantitative estimate of drug-likeness (QED) is 0.714. The second kappa shape index (κ2) is 8.39. The molecule has 1 atom stereocenters. The van der Waals surface area contributed by atoms with Crippen molar-refractivity contribution in [3.05, 3.63) is 63.2 Å². The molecule has 0 aliphatic heterocycles. The van der Waals surface area contributed by atoms with Crippen LogP contribution in [0.1, 0.15) is 17.5 Å². The van der Waals surface area contributed by atoms with Crippen LogP contribution in [0.25, 0.3) is 0 Å². The number of hydrogen-bond acceptors (Lipinski definition) is 2. The van der Waals surface area contributed by atoms with Gasteiger partial charge in [0.2, 0.25) is 0 Å². The van der Waals surface area contributed by atoms with Crippen LogP contribution in [-0.2, 0) is 12.8 Å². The van der Waals surface area contributed by atoms with E-state index in [0.717, 1.165) is 25.0 Å². The van der Waals surface area contributed by atoms with Gasteiger partial charge in [0.05, 0.1) is 7.11 Å². The molecule has 0 aliphatic carbocycles. The van der Waals surface area contributed by atoms with Gasteiger partial charge in [-0.1, -0.05) is 24.3 Å². The molecule has 0 bridgehead atoms. The van der Waals surface area contributed by atoms with Gasteiger partial charge in [-0.05, 0) is 84.3 Å². The maximum Gasteiger partial charge on any atom is 0.118 e. The van der Waals surface area contributed by atoms with Crippen LogP contribution in [0.2, 0.25) is 0 Å². The Labute approximate surface area is 141 Å². The van der Waals surface area contributed by atoms with Crippen LogP contribution in [0.15, 0.2) is 48.5 Å². The summed E-state index contributed by atoms with van der Waals surface area (Å²) in [6.45, 7) is 0. The average molecular weight is 395 g/mol. The van der Waals surface area contributed by atoms with Crippen molar-refractivity contribution < 1.29 is 4.74 Å². The molecule has 0 aromatic heterocycles. The van der Waals surface area contributed by atoms with Crippen molar-refractivity contribution in [1.29, 1.82) is 0 Å². The molecule has 2 aromatic rings. The van der Waals surface area contributed by atoms with E-state index in [-0.39, 0.29) is 0 Å². The molecule has 2 nitrogen and oxygen atoms in total. The lowest BCUT2D eigenvalue weighted by atomic mass is 9.99. The average Bonchev–Trinajstić information content (AvgIpc) is 2.53. The van der Waals surface area contributed by atoms with Crippen LogP contribution >= 0.6 is 22.6 Å². The molecule has 112 valence electrons. The first-order valence-corrected chi connectivity index (χ1v) is 8.34. The third-order valence-corrected chi connectivity index (χ3v) is 4.46. The fourth-order valence-corrected chi connectivity index (χ4v) is 2.75. The molecule has 0 fully saturated rings. The van der Waals surface area contributed by atoms with Gasteiger partial charge in [0.15, 0.2) is 0 Å². The van der Waals surface area contributed by atoms with Gasteiger partial charge in [0, 0.05) is 9.61 Å². The molecule has 0 saturated carbocycles. The number of ether oxygens (including phenoxy) is 1. The van der Waals surface area contributed by atoms with Crippen LogP contribution in [0.3, 0.4) is 0 Å². The Morgan fingerprint density at radius 3 is 2.19 bits per heavy atom. The van der Waals surface area contributed by atoms with Crippen molar-refractivity contribution in [3.63, 3.8) is 0 Å². The minimum atomic E-state index is 0.507. The lowest BCUT2D eigenvalue weighted by molar-refractivity contribution is 0.414. The van der Waals surface area contributed by atoms with E-state index < -0.39 is 0 Å². The van der Waals surface area contributed by atoms with Crippen molar-refractivity contribution in [1.82, 2.24) is 5.32 Å². The van der Waals surface area contributed by atoms with E-state index in [0.29, 0.717) is 6.04 Å². The van der Waals surface area contributed by atoms with Gasteiger partial charge in [-0.3, -0.25) is 0 Å². The lowest BCUT2D eigenvalue weighted by Gasteiger charge is -2.16. The summed E-state index contributed by atoms with van der Waals surface area (Å²) in [7, 11) is 3.75. The molecule has 0 saturated heterocycles. The molecule has 1 N–H and O–H groups in total. The Bertz CT molecular complexity index is 536. The summed E-state index contributed by atoms with van der Waals surface area (Å²) in [4.78, 5) is 0. The molecule has 3 heteroatoms. The van der Waals surface area contributed by atoms with Crippen LogP contribution in [0, 0.1) is 3.57 Å². The van der Waals surface area contributed by atoms with Gasteiger partial charge in [-0.15, -0.1) is 0 Å². The summed E-state index contributed by atoms with van der Waals surface area (Å²) in [6, 6.07) is 17.7. The molecule has 2 rings (SSSR count). The highest BCUT2D eigenvalue weighted by molar-refractivity contribution is 14.1. The molecule has 0 aliphatic rings. The molecule has 21 heavy (non-hydrogen) atoms. The van der Waals surface area contributed by atoms with Crippen LogP contribution in [0.5, 0.6) is 5.75 Å². The van der Waals surface area contributed by atoms with Gasteiger partial charge in [-0.2, -0.15) is 0 Å². The number of likely N-dealkylation sites (N-methyl/N-ethyl adjacent to an activating group) is 1. The van der Waals surface area contributed by atoms with Crippen LogP contribution in [0.4, 0.5) is 0 Å². The van der Waals surface area contributed by atoms with Crippen molar-refractivity contribution in [3.8, 4) is 5.75 Å². The number of hydrogen-bond donors (Lipinski definition) is 1. The summed E-state index contributed by atoms with van der Waals surface area (Å²) < 4.78 is 6.48. The fourth-order valence-electron chi connectivity index (χ4n) is 2.39. The number of methoxy groups -OCH3 is 1. The standard InChI is InChI=1S/C18H22INO/c1-20-17(13-15-3-8-16(19)9-4-15)10-5-14-6-11-18(21-2)12-7-14/h3-4,6-9,11-12,17,20H,5,10,13H2,1-2H3. The third kappa shape index (κ3) is 5.32. The van der Waals surface area contributed by atoms with E-state index in [4.69, 9.17) is 4.74 Å². The van der Waals surface area contributed by atoms with Crippen LogP contribution < -0.4 is 10.1 Å². The molecular formula is C18H22INO. The molecule has 0 spiro atoms. The van der Waals surface area contributed by atoms with E-state index >= 15 is 0 Å². The Morgan fingerprint density at radius 2 is 1.62 bits per heavy atom. The highest BCUT2D eigenvalue weighted by Crippen LogP contribution is 2.15. The predicted octanol–water partition coefficient (Wildman–Crippen LogP) is 4.06. The van der Waals surface area contributed by atoms with Crippen LogP contribution in [-0.4, -0.2) is 20.2 Å². The second-order valence-electron chi connectivity index (χ2n) is 5.20. The smallest absolute Gasteiger partial charge is 0.118 e. The van der Waals surface area contributed by atoms with Crippen molar-refractivity contribution in [2.75, 3.05) is 14.2 Å². The van der Waals surface area contributed by atoms with Gasteiger partial charge in [0.25, 0.3) is 0 Å². The zero-order chi connectivity index (χ0) is 15.1. The van der Waals surface area contributed by atoms with E-state index in [9.17, 15) is 0 Å². The predicted molar refractivity (Wildman–Crippen MR) is 97.0 cm³/mol. The Hall–Kier alpha value is -1.07. The molecular weight excluding hydrogens is 373 g/mol. The molecule has 1 unspecified atom stereocenters. The number of nitrogens with one attached hydrogen (secondary N) is 1. The maximum atomic E-state index is 5.19. The highest BCUT2D eigenvalue weighted by Gasteiger charge is 2.08. The number of benzene rings is 2. The molecule has 2 aromatic carbocycles. The first-order chi connectivity index (χ1) is 10.2. The van der Waals surface area contributed by atoms with Crippen molar-refractivity contribution >= 4 is 22.6 Å². The first-order valence-electron chi connectivity index (χ1n) is 7.26. The van der Waals surface area contributed by atoms with Gasteiger partial charge in [0.1, 0.15) is 5.75 Å². The lowest BCUT2D eigenvalue weighted by Crippen LogP contribution is -2.28. The van der Waals surface area contributed by atoms with E-state index in [1.807, 2.05) is 19.2 Å². The third-order valence-electron chi connectivity index (χ3n) is 3.74. The molecule has 0 heterocycles. The van der Waals surface area contributed by atoms with E-state index in [1.165, 1.54) is 14.7 Å². The van der Waals surface area contributed by atoms with Crippen molar-refractivity contribution in [2.45, 2.75) is 25.3 Å². The topological polar surface area (TPSA) is 21.3 Å². The largest absolute Gasteiger partial charge is 0.497 e. The maximum absolute atomic E-state index is 5.19. The summed E-state index contributed by atoms with van der Waals surface area (Å²) in [5.41, 5.74) is 2.75. The normalized spacial score (nSPS) is 12.1. The summed E-state index contributed by atoms with van der Waals surface area (Å²) in [5, 5.41) is 3.43. The Kier molecular flexibility index (Phi) is 6.51. The fraction of sp³-hybridized carbons (Fsp3) is 0.333. The Balaban J connectivity index is 1.88. The summed E-state index contributed by atoms with van der Waals surface area (Å²) in [5.74, 6) is 0.919. The number of aryl methyl sites for hydroxylation is 1. The minimum absolute atomic E-state index is 0.507. The van der Waals surface area contributed by atoms with Gasteiger partial charge in [-0.25, -0.2) is 0 Å². The second-order valence-corrected chi connectivity index (χ2v) is 6.45. The van der Waals surface area contributed by atoms with E-state index in [2.05, 4.69) is 64.3 Å². The van der Waals surface area contributed by atoms with Gasteiger partial charge >= 0.3 is 0 Å². The summed E-state index contributed by atoms with van der Waals surface area (Å²) in [6.07, 6.45) is 3.29. The Morgan fingerprint density at radius 1 is 1.00 bits per heavy atom. The number of halogens is 1. The zero-order valence-corrected chi connectivity index (χ0v) is 14.8. The molecule has 0 amide bonds. The summed E-state index contributed by atoms with van der Waals surface area (Å²) >= 11 is 2.34. The van der Waals surface area contributed by atoms with E-state index in [1.54, 1.807) is 7.11 Å². The SMILES string of the molecule is CNC(CCc1ccc(OC)cc1)Cc1ccc(I)cc1. The first kappa shape index (κ1) is 16.3. The molecule has 0 radical (unpaired) electrons.